The highest BCUT2D eigenvalue weighted by atomic mass is 35.5. The second-order valence-electron chi connectivity index (χ2n) is 5.88. The van der Waals surface area contributed by atoms with E-state index in [2.05, 4.69) is 5.10 Å². The molecule has 0 bridgehead atoms. The number of sulfone groups is 1. The number of aryl methyl sites for hydroxylation is 2. The number of halogens is 3. The summed E-state index contributed by atoms with van der Waals surface area (Å²) in [6, 6.07) is 0. The van der Waals surface area contributed by atoms with Crippen LogP contribution in [0.25, 0.3) is 0 Å². The van der Waals surface area contributed by atoms with Crippen molar-refractivity contribution in [2.24, 2.45) is 18.4 Å². The summed E-state index contributed by atoms with van der Waals surface area (Å²) in [6.45, 7) is 1.84. The van der Waals surface area contributed by atoms with Crippen LogP contribution in [0.1, 0.15) is 17.8 Å². The van der Waals surface area contributed by atoms with Gasteiger partial charge in [0.25, 0.3) is 0 Å². The van der Waals surface area contributed by atoms with Crippen LogP contribution in [0.4, 0.5) is 0 Å². The smallest absolute Gasteiger partial charge is 0.150 e. The molecule has 1 atom stereocenters. The number of alkyl halides is 2. The molecule has 4 nitrogen and oxygen atoms in total. The molecule has 1 fully saturated rings. The lowest BCUT2D eigenvalue weighted by atomic mass is 9.74. The Hall–Kier alpha value is 0.0300. The van der Waals surface area contributed by atoms with E-state index in [-0.39, 0.29) is 17.4 Å². The van der Waals surface area contributed by atoms with Crippen LogP contribution in [0.15, 0.2) is 0 Å². The third-order valence-electron chi connectivity index (χ3n) is 4.41. The first-order chi connectivity index (χ1) is 9.74. The van der Waals surface area contributed by atoms with Gasteiger partial charge in [-0.2, -0.15) is 5.10 Å². The Kier molecular flexibility index (Phi) is 5.19. The minimum Gasteiger partial charge on any atom is -0.271 e. The zero-order chi connectivity index (χ0) is 15.8. The van der Waals surface area contributed by atoms with Gasteiger partial charge in [0.05, 0.1) is 27.9 Å². The maximum absolute atomic E-state index is 11.8. The predicted molar refractivity (Wildman–Crippen MR) is 87.3 cm³/mol. The first-order valence-corrected chi connectivity index (χ1v) is 10.0. The van der Waals surface area contributed by atoms with Crippen molar-refractivity contribution in [3.05, 3.63) is 16.4 Å². The summed E-state index contributed by atoms with van der Waals surface area (Å²) in [6.07, 6.45) is 1.15. The molecule has 0 spiro atoms. The first-order valence-electron chi connectivity index (χ1n) is 6.75. The van der Waals surface area contributed by atoms with Crippen molar-refractivity contribution >= 4 is 44.6 Å². The van der Waals surface area contributed by atoms with Crippen molar-refractivity contribution in [2.75, 3.05) is 23.3 Å². The standard InChI is InChI=1S/C13H19Cl3N2O2S/c1-9-12(16)11(18(2)17-9)5-13(7-14,8-15)10-3-4-21(19,20)6-10/h10H,3-8H2,1-2H3. The van der Waals surface area contributed by atoms with Gasteiger partial charge >= 0.3 is 0 Å². The van der Waals surface area contributed by atoms with Gasteiger partial charge in [0.1, 0.15) is 0 Å². The molecule has 1 aromatic rings. The van der Waals surface area contributed by atoms with Crippen molar-refractivity contribution in [1.29, 1.82) is 0 Å². The van der Waals surface area contributed by atoms with Gasteiger partial charge in [-0.1, -0.05) is 11.6 Å². The van der Waals surface area contributed by atoms with E-state index in [1.165, 1.54) is 0 Å². The highest BCUT2D eigenvalue weighted by Crippen LogP contribution is 2.42. The molecular weight excluding hydrogens is 355 g/mol. The summed E-state index contributed by atoms with van der Waals surface area (Å²) in [4.78, 5) is 0. The third kappa shape index (κ3) is 3.36. The summed E-state index contributed by atoms with van der Waals surface area (Å²) in [5, 5.41) is 4.91. The average molecular weight is 374 g/mol. The van der Waals surface area contributed by atoms with Gasteiger partial charge in [0.15, 0.2) is 9.84 Å². The van der Waals surface area contributed by atoms with Gasteiger partial charge in [-0.25, -0.2) is 8.42 Å². The van der Waals surface area contributed by atoms with E-state index >= 15 is 0 Å². The van der Waals surface area contributed by atoms with E-state index in [9.17, 15) is 8.42 Å². The van der Waals surface area contributed by atoms with E-state index in [1.807, 2.05) is 14.0 Å². The Bertz CT molecular complexity index is 624. The molecule has 120 valence electrons. The molecule has 1 aromatic heterocycles. The Morgan fingerprint density at radius 2 is 2.00 bits per heavy atom. The molecular formula is C13H19Cl3N2O2S. The van der Waals surface area contributed by atoms with Gasteiger partial charge in [0, 0.05) is 24.2 Å². The zero-order valence-corrected chi connectivity index (χ0v) is 15.2. The van der Waals surface area contributed by atoms with E-state index in [0.717, 1.165) is 11.4 Å². The lowest BCUT2D eigenvalue weighted by Gasteiger charge is -2.35. The molecule has 0 aromatic carbocycles. The maximum Gasteiger partial charge on any atom is 0.150 e. The van der Waals surface area contributed by atoms with Crippen LogP contribution in [0.5, 0.6) is 0 Å². The van der Waals surface area contributed by atoms with Crippen molar-refractivity contribution in [2.45, 2.75) is 19.8 Å². The van der Waals surface area contributed by atoms with Crippen LogP contribution in [0.2, 0.25) is 5.02 Å². The molecule has 0 radical (unpaired) electrons. The number of hydrogen-bond donors (Lipinski definition) is 0. The number of aromatic nitrogens is 2. The second kappa shape index (κ2) is 6.26. The quantitative estimate of drug-likeness (QED) is 0.746. The van der Waals surface area contributed by atoms with E-state index in [4.69, 9.17) is 34.8 Å². The number of rotatable bonds is 5. The minimum atomic E-state index is -2.98. The van der Waals surface area contributed by atoms with Crippen LogP contribution in [0, 0.1) is 18.3 Å². The monoisotopic (exact) mass is 372 g/mol. The van der Waals surface area contributed by atoms with Crippen LogP contribution < -0.4 is 0 Å². The summed E-state index contributed by atoms with van der Waals surface area (Å²) in [5.41, 5.74) is 1.14. The van der Waals surface area contributed by atoms with Crippen LogP contribution >= 0.6 is 34.8 Å². The van der Waals surface area contributed by atoms with Crippen molar-refractivity contribution in [3.8, 4) is 0 Å². The van der Waals surface area contributed by atoms with Crippen molar-refractivity contribution in [3.63, 3.8) is 0 Å². The number of nitrogens with zero attached hydrogens (tertiary/aromatic N) is 2. The molecule has 1 unspecified atom stereocenters. The number of hydrogen-bond acceptors (Lipinski definition) is 3. The molecule has 0 amide bonds. The van der Waals surface area contributed by atoms with Crippen LogP contribution in [-0.4, -0.2) is 41.5 Å². The Balaban J connectivity index is 2.35. The highest BCUT2D eigenvalue weighted by molar-refractivity contribution is 7.91. The SMILES string of the molecule is Cc1nn(C)c(CC(CCl)(CCl)C2CCS(=O)(=O)C2)c1Cl. The topological polar surface area (TPSA) is 52.0 Å². The molecule has 0 N–H and O–H groups in total. The Morgan fingerprint density at radius 1 is 1.38 bits per heavy atom. The second-order valence-corrected chi connectivity index (χ2v) is 9.02. The van der Waals surface area contributed by atoms with E-state index < -0.39 is 15.3 Å². The highest BCUT2D eigenvalue weighted by Gasteiger charge is 2.44. The Labute approximate surface area is 140 Å². The fourth-order valence-corrected chi connectivity index (χ4v) is 6.06. The fraction of sp³-hybridized carbons (Fsp3) is 0.769. The van der Waals surface area contributed by atoms with Crippen LogP contribution in [0.3, 0.4) is 0 Å². The normalized spacial score (nSPS) is 21.9. The molecule has 2 rings (SSSR count). The molecule has 1 aliphatic heterocycles. The predicted octanol–water partition coefficient (Wildman–Crippen LogP) is 2.82. The van der Waals surface area contributed by atoms with Gasteiger partial charge in [-0.05, 0) is 25.7 Å². The van der Waals surface area contributed by atoms with Crippen molar-refractivity contribution in [1.82, 2.24) is 9.78 Å². The molecule has 0 saturated carbocycles. The lowest BCUT2D eigenvalue weighted by molar-refractivity contribution is 0.240. The summed E-state index contributed by atoms with van der Waals surface area (Å²) < 4.78 is 25.3. The molecule has 21 heavy (non-hydrogen) atoms. The minimum absolute atomic E-state index is 0.0382. The summed E-state index contributed by atoms with van der Waals surface area (Å²) >= 11 is 18.7. The van der Waals surface area contributed by atoms with Gasteiger partial charge in [-0.15, -0.1) is 23.2 Å². The van der Waals surface area contributed by atoms with Gasteiger partial charge < -0.3 is 0 Å². The fourth-order valence-electron chi connectivity index (χ4n) is 2.98. The largest absolute Gasteiger partial charge is 0.271 e. The van der Waals surface area contributed by atoms with Crippen LogP contribution in [-0.2, 0) is 23.3 Å². The zero-order valence-electron chi connectivity index (χ0n) is 12.1. The van der Waals surface area contributed by atoms with E-state index in [0.29, 0.717) is 29.6 Å². The Morgan fingerprint density at radius 3 is 2.38 bits per heavy atom. The summed E-state index contributed by atoms with van der Waals surface area (Å²) in [5.74, 6) is 0.935. The molecule has 1 saturated heterocycles. The lowest BCUT2D eigenvalue weighted by Crippen LogP contribution is -2.38. The van der Waals surface area contributed by atoms with E-state index in [1.54, 1.807) is 4.68 Å². The molecule has 8 heteroatoms. The first kappa shape index (κ1) is 17.4. The molecule has 2 heterocycles. The van der Waals surface area contributed by atoms with Crippen molar-refractivity contribution < 1.29 is 8.42 Å². The maximum atomic E-state index is 11.8. The third-order valence-corrected chi connectivity index (χ3v) is 7.74. The summed E-state index contributed by atoms with van der Waals surface area (Å²) in [7, 11) is -1.15. The van der Waals surface area contributed by atoms with Gasteiger partial charge in [0.2, 0.25) is 0 Å². The average Bonchev–Trinajstić information content (AvgIpc) is 2.90. The van der Waals surface area contributed by atoms with Gasteiger partial charge in [-0.3, -0.25) is 4.68 Å². The molecule has 0 aliphatic carbocycles. The molecule has 1 aliphatic rings.